The van der Waals surface area contributed by atoms with E-state index >= 15 is 0 Å². The van der Waals surface area contributed by atoms with E-state index in [1.165, 1.54) is 23.3 Å². The molecule has 1 fully saturated rings. The Hall–Kier alpha value is -2.58. The van der Waals surface area contributed by atoms with Gasteiger partial charge in [-0.1, -0.05) is 72.6 Å². The third-order valence-electron chi connectivity index (χ3n) is 5.93. The molecule has 1 saturated carbocycles. The zero-order valence-electron chi connectivity index (χ0n) is 18.6. The van der Waals surface area contributed by atoms with E-state index in [1.807, 2.05) is 60.4 Å². The summed E-state index contributed by atoms with van der Waals surface area (Å²) in [6.45, 7) is 2.41. The van der Waals surface area contributed by atoms with Gasteiger partial charge < -0.3 is 10.2 Å². The van der Waals surface area contributed by atoms with Crippen LogP contribution in [0.3, 0.4) is 0 Å². The van der Waals surface area contributed by atoms with Gasteiger partial charge in [-0.15, -0.1) is 10.2 Å². The predicted molar refractivity (Wildman–Crippen MR) is 135 cm³/mol. The van der Waals surface area contributed by atoms with Gasteiger partial charge in [-0.25, -0.2) is 0 Å². The molecule has 172 valence electrons. The average Bonchev–Trinajstić information content (AvgIpc) is 3.29. The topological polar surface area (TPSA) is 75.2 Å². The van der Waals surface area contributed by atoms with Crippen molar-refractivity contribution in [1.29, 1.82) is 0 Å². The fourth-order valence-electron chi connectivity index (χ4n) is 4.12. The SMILES string of the molecule is Cc1ccc(-c2nnc(NC(=O)CCN(C(=O)c3ccccc3Br)C3CCCCC3)s2)cc1. The molecule has 0 saturated heterocycles. The maximum Gasteiger partial charge on any atom is 0.255 e. The van der Waals surface area contributed by atoms with Crippen LogP contribution in [-0.4, -0.2) is 39.5 Å². The number of hydrogen-bond donors (Lipinski definition) is 1. The van der Waals surface area contributed by atoms with Crippen LogP contribution in [-0.2, 0) is 4.79 Å². The summed E-state index contributed by atoms with van der Waals surface area (Å²) in [5.41, 5.74) is 2.79. The molecule has 1 aliphatic rings. The molecule has 8 heteroatoms. The number of rotatable bonds is 7. The normalized spacial score (nSPS) is 14.1. The van der Waals surface area contributed by atoms with Crippen LogP contribution in [0.2, 0.25) is 0 Å². The molecule has 1 aromatic heterocycles. The van der Waals surface area contributed by atoms with Crippen molar-refractivity contribution in [3.8, 4) is 10.6 Å². The fraction of sp³-hybridized carbons (Fsp3) is 0.360. The number of nitrogens with zero attached hydrogens (tertiary/aromatic N) is 3. The fourth-order valence-corrected chi connectivity index (χ4v) is 5.34. The third-order valence-corrected chi connectivity index (χ3v) is 7.51. The quantitative estimate of drug-likeness (QED) is 0.404. The number of carbonyl (C=O) groups is 2. The minimum Gasteiger partial charge on any atom is -0.335 e. The van der Waals surface area contributed by atoms with E-state index in [0.29, 0.717) is 17.2 Å². The molecule has 2 amide bonds. The standard InChI is InChI=1S/C25H27BrN4O2S/c1-17-11-13-18(14-12-17)23-28-29-25(33-23)27-22(31)15-16-30(19-7-3-2-4-8-19)24(32)20-9-5-6-10-21(20)26/h5-6,9-14,19H,2-4,7-8,15-16H2,1H3,(H,27,29,31). The van der Waals surface area contributed by atoms with Gasteiger partial charge in [0.05, 0.1) is 5.56 Å². The summed E-state index contributed by atoms with van der Waals surface area (Å²) in [6, 6.07) is 15.7. The summed E-state index contributed by atoms with van der Waals surface area (Å²) in [5.74, 6) is -0.193. The molecule has 0 spiro atoms. The minimum absolute atomic E-state index is 0.0280. The van der Waals surface area contributed by atoms with Crippen LogP contribution in [0.25, 0.3) is 10.6 Å². The highest BCUT2D eigenvalue weighted by molar-refractivity contribution is 9.10. The van der Waals surface area contributed by atoms with Gasteiger partial charge in [-0.3, -0.25) is 9.59 Å². The molecule has 0 radical (unpaired) electrons. The van der Waals surface area contributed by atoms with Crippen LogP contribution in [0.4, 0.5) is 5.13 Å². The van der Waals surface area contributed by atoms with Crippen molar-refractivity contribution < 1.29 is 9.59 Å². The van der Waals surface area contributed by atoms with Crippen molar-refractivity contribution in [2.45, 2.75) is 51.5 Å². The lowest BCUT2D eigenvalue weighted by Gasteiger charge is -2.34. The van der Waals surface area contributed by atoms with E-state index < -0.39 is 0 Å². The highest BCUT2D eigenvalue weighted by Gasteiger charge is 2.27. The molecule has 33 heavy (non-hydrogen) atoms. The number of halogens is 1. The van der Waals surface area contributed by atoms with E-state index in [2.05, 4.69) is 31.4 Å². The Labute approximate surface area is 206 Å². The minimum atomic E-state index is -0.164. The Balaban J connectivity index is 1.41. The Morgan fingerprint density at radius 2 is 1.79 bits per heavy atom. The van der Waals surface area contributed by atoms with Gasteiger partial charge >= 0.3 is 0 Å². The number of nitrogens with one attached hydrogen (secondary N) is 1. The summed E-state index contributed by atoms with van der Waals surface area (Å²) in [4.78, 5) is 27.9. The molecule has 2 aromatic carbocycles. The van der Waals surface area contributed by atoms with Gasteiger partial charge in [0.1, 0.15) is 5.01 Å². The number of benzene rings is 2. The molecule has 0 aliphatic heterocycles. The molecule has 3 aromatic rings. The van der Waals surface area contributed by atoms with E-state index in [9.17, 15) is 9.59 Å². The summed E-state index contributed by atoms with van der Waals surface area (Å²) in [5, 5.41) is 12.4. The second-order valence-electron chi connectivity index (χ2n) is 8.35. The van der Waals surface area contributed by atoms with E-state index in [4.69, 9.17) is 0 Å². The predicted octanol–water partition coefficient (Wildman–Crippen LogP) is 6.08. The van der Waals surface area contributed by atoms with Crippen molar-refractivity contribution in [3.63, 3.8) is 0 Å². The second kappa shape index (κ2) is 11.0. The number of anilines is 1. The average molecular weight is 527 g/mol. The van der Waals surface area contributed by atoms with Crippen LogP contribution in [0.5, 0.6) is 0 Å². The molecule has 1 heterocycles. The highest BCUT2D eigenvalue weighted by Crippen LogP contribution is 2.28. The first-order valence-electron chi connectivity index (χ1n) is 11.3. The van der Waals surface area contributed by atoms with Crippen LogP contribution >= 0.6 is 27.3 Å². The van der Waals surface area contributed by atoms with Gasteiger partial charge in [0.25, 0.3) is 5.91 Å². The molecule has 0 atom stereocenters. The Bertz CT molecular complexity index is 1110. The smallest absolute Gasteiger partial charge is 0.255 e. The maximum absolute atomic E-state index is 13.4. The Morgan fingerprint density at radius 1 is 1.06 bits per heavy atom. The lowest BCUT2D eigenvalue weighted by atomic mass is 9.93. The summed E-state index contributed by atoms with van der Waals surface area (Å²) in [6.07, 6.45) is 5.61. The van der Waals surface area contributed by atoms with Gasteiger partial charge in [0.15, 0.2) is 0 Å². The first-order valence-corrected chi connectivity index (χ1v) is 12.9. The van der Waals surface area contributed by atoms with Crippen molar-refractivity contribution in [3.05, 3.63) is 64.1 Å². The van der Waals surface area contributed by atoms with Crippen molar-refractivity contribution in [2.24, 2.45) is 0 Å². The van der Waals surface area contributed by atoms with Crippen LogP contribution < -0.4 is 5.32 Å². The summed E-state index contributed by atoms with van der Waals surface area (Å²) >= 11 is 4.85. The number of amides is 2. The maximum atomic E-state index is 13.4. The van der Waals surface area contributed by atoms with Gasteiger partial charge in [0.2, 0.25) is 11.0 Å². The Kier molecular flexibility index (Phi) is 7.88. The van der Waals surface area contributed by atoms with E-state index in [-0.39, 0.29) is 24.3 Å². The second-order valence-corrected chi connectivity index (χ2v) is 10.2. The molecule has 0 bridgehead atoms. The summed E-state index contributed by atoms with van der Waals surface area (Å²) in [7, 11) is 0. The first-order chi connectivity index (χ1) is 16.0. The van der Waals surface area contributed by atoms with Gasteiger partial charge in [0, 0.05) is 29.0 Å². The lowest BCUT2D eigenvalue weighted by Crippen LogP contribution is -2.43. The highest BCUT2D eigenvalue weighted by atomic mass is 79.9. The van der Waals surface area contributed by atoms with Gasteiger partial charge in [-0.2, -0.15) is 0 Å². The monoisotopic (exact) mass is 526 g/mol. The van der Waals surface area contributed by atoms with E-state index in [0.717, 1.165) is 40.7 Å². The van der Waals surface area contributed by atoms with Crippen molar-refractivity contribution in [2.75, 3.05) is 11.9 Å². The number of aromatic nitrogens is 2. The van der Waals surface area contributed by atoms with Crippen molar-refractivity contribution >= 4 is 44.2 Å². The third kappa shape index (κ3) is 6.06. The van der Waals surface area contributed by atoms with Crippen molar-refractivity contribution in [1.82, 2.24) is 15.1 Å². The zero-order chi connectivity index (χ0) is 23.2. The zero-order valence-corrected chi connectivity index (χ0v) is 21.0. The molecule has 4 rings (SSSR count). The molecular weight excluding hydrogens is 500 g/mol. The van der Waals surface area contributed by atoms with Gasteiger partial charge in [-0.05, 0) is 47.8 Å². The molecular formula is C25H27BrN4O2S. The summed E-state index contributed by atoms with van der Waals surface area (Å²) < 4.78 is 0.776. The van der Waals surface area contributed by atoms with Crippen LogP contribution in [0, 0.1) is 6.92 Å². The molecule has 1 N–H and O–H groups in total. The van der Waals surface area contributed by atoms with E-state index in [1.54, 1.807) is 0 Å². The lowest BCUT2D eigenvalue weighted by molar-refractivity contribution is -0.116. The molecule has 1 aliphatic carbocycles. The van der Waals surface area contributed by atoms with Crippen LogP contribution in [0.15, 0.2) is 53.0 Å². The Morgan fingerprint density at radius 3 is 2.52 bits per heavy atom. The number of carbonyl (C=O) groups excluding carboxylic acids is 2. The molecule has 6 nitrogen and oxygen atoms in total. The first kappa shape index (κ1) is 23.6. The van der Waals surface area contributed by atoms with Crippen LogP contribution in [0.1, 0.15) is 54.4 Å². The number of aryl methyl sites for hydroxylation is 1. The largest absolute Gasteiger partial charge is 0.335 e. The number of hydrogen-bond acceptors (Lipinski definition) is 5. The molecule has 0 unspecified atom stereocenters.